The van der Waals surface area contributed by atoms with Gasteiger partial charge in [0.2, 0.25) is 0 Å². The smallest absolute Gasteiger partial charge is 0.309 e. The van der Waals surface area contributed by atoms with Crippen LogP contribution in [0.15, 0.2) is 24.3 Å². The lowest BCUT2D eigenvalue weighted by Crippen LogP contribution is -2.42. The minimum absolute atomic E-state index is 0.0446. The van der Waals surface area contributed by atoms with E-state index in [9.17, 15) is 9.59 Å². The number of amides is 2. The van der Waals surface area contributed by atoms with E-state index in [1.165, 1.54) is 0 Å². The van der Waals surface area contributed by atoms with Gasteiger partial charge >= 0.3 is 11.8 Å². The predicted octanol–water partition coefficient (Wildman–Crippen LogP) is 0.906. The third-order valence-electron chi connectivity index (χ3n) is 3.42. The van der Waals surface area contributed by atoms with E-state index in [0.717, 1.165) is 30.6 Å². The van der Waals surface area contributed by atoms with E-state index in [4.69, 9.17) is 4.74 Å². The molecule has 1 aromatic carbocycles. The summed E-state index contributed by atoms with van der Waals surface area (Å²) in [5.74, 6) is -1.21. The third-order valence-corrected chi connectivity index (χ3v) is 3.42. The Balaban J connectivity index is 1.73. The Bertz CT molecular complexity index is 482. The van der Waals surface area contributed by atoms with Crippen molar-refractivity contribution in [2.75, 3.05) is 13.2 Å². The van der Waals surface area contributed by atoms with E-state index in [0.29, 0.717) is 13.1 Å². The molecule has 1 aliphatic rings. The van der Waals surface area contributed by atoms with E-state index in [1.54, 1.807) is 0 Å². The summed E-state index contributed by atoms with van der Waals surface area (Å²) in [6.45, 7) is 3.47. The van der Waals surface area contributed by atoms with Crippen molar-refractivity contribution in [1.82, 2.24) is 10.6 Å². The Hall–Kier alpha value is -1.88. The SMILES string of the molecule is Cc1ccccc1CNC(=O)C(=O)NC[C@H]1CCCO1. The molecule has 0 saturated carbocycles. The summed E-state index contributed by atoms with van der Waals surface area (Å²) in [5, 5.41) is 5.22. The van der Waals surface area contributed by atoms with E-state index in [1.807, 2.05) is 31.2 Å². The van der Waals surface area contributed by atoms with E-state index < -0.39 is 11.8 Å². The number of hydrogen-bond acceptors (Lipinski definition) is 3. The maximum absolute atomic E-state index is 11.7. The molecule has 1 saturated heterocycles. The van der Waals surface area contributed by atoms with Crippen LogP contribution in [0.2, 0.25) is 0 Å². The van der Waals surface area contributed by atoms with Gasteiger partial charge in [-0.25, -0.2) is 0 Å². The molecule has 1 aliphatic heterocycles. The van der Waals surface area contributed by atoms with Gasteiger partial charge in [-0.05, 0) is 30.9 Å². The number of rotatable bonds is 4. The molecule has 1 fully saturated rings. The molecule has 5 heteroatoms. The number of hydrogen-bond donors (Lipinski definition) is 2. The van der Waals surface area contributed by atoms with Crippen LogP contribution in [0.5, 0.6) is 0 Å². The van der Waals surface area contributed by atoms with Crippen LogP contribution in [0.4, 0.5) is 0 Å². The molecular weight excluding hydrogens is 256 g/mol. The topological polar surface area (TPSA) is 67.4 Å². The van der Waals surface area contributed by atoms with Crippen molar-refractivity contribution in [2.45, 2.75) is 32.4 Å². The lowest BCUT2D eigenvalue weighted by atomic mass is 10.1. The first-order valence-electron chi connectivity index (χ1n) is 6.89. The molecule has 0 aromatic heterocycles. The molecule has 5 nitrogen and oxygen atoms in total. The van der Waals surface area contributed by atoms with Crippen LogP contribution < -0.4 is 10.6 Å². The van der Waals surface area contributed by atoms with Gasteiger partial charge in [0.25, 0.3) is 0 Å². The van der Waals surface area contributed by atoms with Crippen LogP contribution in [0, 0.1) is 6.92 Å². The third kappa shape index (κ3) is 4.06. The van der Waals surface area contributed by atoms with Gasteiger partial charge in [-0.15, -0.1) is 0 Å². The minimum Gasteiger partial charge on any atom is -0.376 e. The van der Waals surface area contributed by atoms with Gasteiger partial charge in [-0.3, -0.25) is 9.59 Å². The van der Waals surface area contributed by atoms with Crippen molar-refractivity contribution in [3.8, 4) is 0 Å². The summed E-state index contributed by atoms with van der Waals surface area (Å²) < 4.78 is 5.38. The Labute approximate surface area is 118 Å². The standard InChI is InChI=1S/C15H20N2O3/c1-11-5-2-3-6-12(11)9-16-14(18)15(19)17-10-13-7-4-8-20-13/h2-3,5-6,13H,4,7-10H2,1H3,(H,16,18)(H,17,19)/t13-/m1/s1. The van der Waals surface area contributed by atoms with E-state index >= 15 is 0 Å². The first kappa shape index (κ1) is 14.5. The Morgan fingerprint density at radius 1 is 1.25 bits per heavy atom. The zero-order valence-electron chi connectivity index (χ0n) is 11.6. The molecule has 1 atom stereocenters. The molecular formula is C15H20N2O3. The highest BCUT2D eigenvalue weighted by molar-refractivity contribution is 6.35. The van der Waals surface area contributed by atoms with Crippen LogP contribution in [-0.4, -0.2) is 31.1 Å². The van der Waals surface area contributed by atoms with Crippen molar-refractivity contribution in [1.29, 1.82) is 0 Å². The van der Waals surface area contributed by atoms with Crippen molar-refractivity contribution < 1.29 is 14.3 Å². The molecule has 108 valence electrons. The van der Waals surface area contributed by atoms with Crippen LogP contribution in [0.25, 0.3) is 0 Å². The van der Waals surface area contributed by atoms with Crippen LogP contribution in [0.3, 0.4) is 0 Å². The van der Waals surface area contributed by atoms with E-state index in [2.05, 4.69) is 10.6 Å². The normalized spacial score (nSPS) is 17.8. The second-order valence-corrected chi connectivity index (χ2v) is 4.95. The first-order valence-corrected chi connectivity index (χ1v) is 6.89. The van der Waals surface area contributed by atoms with Crippen molar-refractivity contribution in [2.24, 2.45) is 0 Å². The monoisotopic (exact) mass is 276 g/mol. The summed E-state index contributed by atoms with van der Waals surface area (Å²) in [5.41, 5.74) is 2.10. The zero-order chi connectivity index (χ0) is 14.4. The van der Waals surface area contributed by atoms with Crippen LogP contribution >= 0.6 is 0 Å². The van der Waals surface area contributed by atoms with Gasteiger partial charge in [-0.1, -0.05) is 24.3 Å². The Morgan fingerprint density at radius 3 is 2.70 bits per heavy atom. The van der Waals surface area contributed by atoms with Gasteiger partial charge in [0.15, 0.2) is 0 Å². The first-order chi connectivity index (χ1) is 9.66. The number of benzene rings is 1. The largest absolute Gasteiger partial charge is 0.376 e. The second kappa shape index (κ2) is 7.05. The average molecular weight is 276 g/mol. The Morgan fingerprint density at radius 2 is 2.00 bits per heavy atom. The van der Waals surface area contributed by atoms with Gasteiger partial charge in [-0.2, -0.15) is 0 Å². The molecule has 2 N–H and O–H groups in total. The lowest BCUT2D eigenvalue weighted by molar-refractivity contribution is -0.139. The number of nitrogens with one attached hydrogen (secondary N) is 2. The molecule has 0 spiro atoms. The maximum atomic E-state index is 11.7. The van der Waals surface area contributed by atoms with Gasteiger partial charge in [0.05, 0.1) is 6.10 Å². The molecule has 0 unspecified atom stereocenters. The maximum Gasteiger partial charge on any atom is 0.309 e. The summed E-state index contributed by atoms with van der Waals surface area (Å²) in [6.07, 6.45) is 1.99. The molecule has 1 heterocycles. The van der Waals surface area contributed by atoms with Gasteiger partial charge in [0.1, 0.15) is 0 Å². The second-order valence-electron chi connectivity index (χ2n) is 4.95. The lowest BCUT2D eigenvalue weighted by Gasteiger charge is -2.11. The van der Waals surface area contributed by atoms with Gasteiger partial charge < -0.3 is 15.4 Å². The highest BCUT2D eigenvalue weighted by Crippen LogP contribution is 2.10. The number of carbonyl (C=O) groups is 2. The summed E-state index contributed by atoms with van der Waals surface area (Å²) in [6, 6.07) is 7.75. The summed E-state index contributed by atoms with van der Waals surface area (Å²) >= 11 is 0. The quantitative estimate of drug-likeness (QED) is 0.803. The molecule has 0 radical (unpaired) electrons. The highest BCUT2D eigenvalue weighted by Gasteiger charge is 2.19. The summed E-state index contributed by atoms with van der Waals surface area (Å²) in [7, 11) is 0. The predicted molar refractivity (Wildman–Crippen MR) is 75.0 cm³/mol. The van der Waals surface area contributed by atoms with Crippen LogP contribution in [-0.2, 0) is 20.9 Å². The molecule has 2 rings (SSSR count). The number of ether oxygens (including phenoxy) is 1. The fraction of sp³-hybridized carbons (Fsp3) is 0.467. The molecule has 0 aliphatic carbocycles. The van der Waals surface area contributed by atoms with Crippen molar-refractivity contribution in [3.05, 3.63) is 35.4 Å². The molecule has 20 heavy (non-hydrogen) atoms. The van der Waals surface area contributed by atoms with E-state index in [-0.39, 0.29) is 6.10 Å². The number of carbonyl (C=O) groups excluding carboxylic acids is 2. The molecule has 0 bridgehead atoms. The Kier molecular flexibility index (Phi) is 5.12. The van der Waals surface area contributed by atoms with Gasteiger partial charge in [0, 0.05) is 19.7 Å². The fourth-order valence-corrected chi connectivity index (χ4v) is 2.16. The zero-order valence-corrected chi connectivity index (χ0v) is 11.6. The van der Waals surface area contributed by atoms with Crippen molar-refractivity contribution >= 4 is 11.8 Å². The highest BCUT2D eigenvalue weighted by atomic mass is 16.5. The molecule has 1 aromatic rings. The fourth-order valence-electron chi connectivity index (χ4n) is 2.16. The summed E-state index contributed by atoms with van der Waals surface area (Å²) in [4.78, 5) is 23.3. The van der Waals surface area contributed by atoms with Crippen molar-refractivity contribution in [3.63, 3.8) is 0 Å². The number of aryl methyl sites for hydroxylation is 1. The average Bonchev–Trinajstić information content (AvgIpc) is 2.97. The van der Waals surface area contributed by atoms with Crippen LogP contribution in [0.1, 0.15) is 24.0 Å². The minimum atomic E-state index is -0.605. The molecule has 2 amide bonds.